The number of carbonyl (C=O) groups is 1. The Morgan fingerprint density at radius 3 is 2.94 bits per heavy atom. The third kappa shape index (κ3) is 2.22. The molecule has 4 nitrogen and oxygen atoms in total. The molecule has 1 fully saturated rings. The van der Waals surface area contributed by atoms with Crippen molar-refractivity contribution in [1.82, 2.24) is 14.8 Å². The lowest BCUT2D eigenvalue weighted by Gasteiger charge is -2.38. The lowest BCUT2D eigenvalue weighted by atomic mass is 10.1. The standard InChI is InChI=1S/C12H17N3O/c1-10-9-14(2)6-7-15(10)12(16)11-4-3-5-13-8-11/h3-5,8,10H,6-7,9H2,1-2H3. The third-order valence-corrected chi connectivity index (χ3v) is 3.00. The predicted molar refractivity (Wildman–Crippen MR) is 62.2 cm³/mol. The number of piperazine rings is 1. The Hall–Kier alpha value is -1.42. The van der Waals surface area contributed by atoms with Crippen molar-refractivity contribution in [2.24, 2.45) is 0 Å². The maximum Gasteiger partial charge on any atom is 0.255 e. The van der Waals surface area contributed by atoms with Crippen molar-refractivity contribution in [3.8, 4) is 0 Å². The zero-order valence-electron chi connectivity index (χ0n) is 9.76. The minimum atomic E-state index is 0.0914. The van der Waals surface area contributed by atoms with E-state index in [4.69, 9.17) is 0 Å². The molecular formula is C12H17N3O. The number of hydrogen-bond donors (Lipinski definition) is 0. The summed E-state index contributed by atoms with van der Waals surface area (Å²) in [6.07, 6.45) is 3.32. The van der Waals surface area contributed by atoms with E-state index >= 15 is 0 Å². The Balaban J connectivity index is 2.11. The van der Waals surface area contributed by atoms with E-state index in [9.17, 15) is 4.79 Å². The summed E-state index contributed by atoms with van der Waals surface area (Å²) in [6, 6.07) is 3.89. The van der Waals surface area contributed by atoms with Crippen LogP contribution in [0.4, 0.5) is 0 Å². The van der Waals surface area contributed by atoms with Gasteiger partial charge in [0.05, 0.1) is 5.56 Å². The summed E-state index contributed by atoms with van der Waals surface area (Å²) in [5.74, 6) is 0.0914. The second-order valence-corrected chi connectivity index (χ2v) is 4.35. The third-order valence-electron chi connectivity index (χ3n) is 3.00. The summed E-state index contributed by atoms with van der Waals surface area (Å²) in [4.78, 5) is 20.3. The van der Waals surface area contributed by atoms with Crippen molar-refractivity contribution in [3.05, 3.63) is 30.1 Å². The molecule has 86 valence electrons. The van der Waals surface area contributed by atoms with Crippen LogP contribution in [0.25, 0.3) is 0 Å². The van der Waals surface area contributed by atoms with E-state index in [1.165, 1.54) is 0 Å². The topological polar surface area (TPSA) is 36.4 Å². The zero-order chi connectivity index (χ0) is 11.5. The van der Waals surface area contributed by atoms with E-state index in [0.29, 0.717) is 5.56 Å². The molecule has 0 spiro atoms. The van der Waals surface area contributed by atoms with Crippen LogP contribution in [0.2, 0.25) is 0 Å². The number of rotatable bonds is 1. The van der Waals surface area contributed by atoms with E-state index in [1.54, 1.807) is 18.5 Å². The summed E-state index contributed by atoms with van der Waals surface area (Å²) in [5, 5.41) is 0. The van der Waals surface area contributed by atoms with Gasteiger partial charge in [0, 0.05) is 38.1 Å². The Labute approximate surface area is 95.9 Å². The second kappa shape index (κ2) is 4.61. The number of nitrogens with zero attached hydrogens (tertiary/aromatic N) is 3. The summed E-state index contributed by atoms with van der Waals surface area (Å²) in [5.41, 5.74) is 0.680. The Morgan fingerprint density at radius 1 is 1.50 bits per heavy atom. The van der Waals surface area contributed by atoms with Crippen LogP contribution < -0.4 is 0 Å². The van der Waals surface area contributed by atoms with Gasteiger partial charge in [-0.05, 0) is 26.1 Å². The molecule has 0 bridgehead atoms. The fourth-order valence-electron chi connectivity index (χ4n) is 2.10. The van der Waals surface area contributed by atoms with E-state index in [-0.39, 0.29) is 11.9 Å². The molecule has 0 radical (unpaired) electrons. The number of hydrogen-bond acceptors (Lipinski definition) is 3. The number of carbonyl (C=O) groups excluding carboxylic acids is 1. The molecule has 2 rings (SSSR count). The molecule has 0 N–H and O–H groups in total. The number of pyridine rings is 1. The van der Waals surface area contributed by atoms with Gasteiger partial charge in [0.15, 0.2) is 0 Å². The van der Waals surface area contributed by atoms with Crippen molar-refractivity contribution < 1.29 is 4.79 Å². The molecule has 2 heterocycles. The van der Waals surface area contributed by atoms with Crippen molar-refractivity contribution in [1.29, 1.82) is 0 Å². The van der Waals surface area contributed by atoms with Gasteiger partial charge in [0.1, 0.15) is 0 Å². The first kappa shape index (κ1) is 11.1. The maximum atomic E-state index is 12.2. The summed E-state index contributed by atoms with van der Waals surface area (Å²) >= 11 is 0. The monoisotopic (exact) mass is 219 g/mol. The van der Waals surface area contributed by atoms with E-state index in [0.717, 1.165) is 19.6 Å². The van der Waals surface area contributed by atoms with Crippen LogP contribution in [0.1, 0.15) is 17.3 Å². The highest BCUT2D eigenvalue weighted by molar-refractivity contribution is 5.94. The minimum absolute atomic E-state index is 0.0914. The van der Waals surface area contributed by atoms with Gasteiger partial charge in [-0.15, -0.1) is 0 Å². The molecule has 1 amide bonds. The van der Waals surface area contributed by atoms with Crippen LogP contribution in [-0.2, 0) is 0 Å². The maximum absolute atomic E-state index is 12.2. The smallest absolute Gasteiger partial charge is 0.255 e. The highest BCUT2D eigenvalue weighted by Crippen LogP contribution is 2.12. The molecule has 0 aromatic carbocycles. The van der Waals surface area contributed by atoms with Gasteiger partial charge in [-0.1, -0.05) is 0 Å². The molecular weight excluding hydrogens is 202 g/mol. The van der Waals surface area contributed by atoms with Crippen LogP contribution in [0.15, 0.2) is 24.5 Å². The number of likely N-dealkylation sites (N-methyl/N-ethyl adjacent to an activating group) is 1. The molecule has 1 unspecified atom stereocenters. The van der Waals surface area contributed by atoms with Crippen LogP contribution in [0.3, 0.4) is 0 Å². The first-order chi connectivity index (χ1) is 7.68. The van der Waals surface area contributed by atoms with Crippen molar-refractivity contribution in [2.75, 3.05) is 26.7 Å². The molecule has 16 heavy (non-hydrogen) atoms. The highest BCUT2D eigenvalue weighted by Gasteiger charge is 2.26. The SMILES string of the molecule is CC1CN(C)CCN1C(=O)c1cccnc1. The zero-order valence-corrected chi connectivity index (χ0v) is 9.76. The van der Waals surface area contributed by atoms with Gasteiger partial charge >= 0.3 is 0 Å². The largest absolute Gasteiger partial charge is 0.333 e. The van der Waals surface area contributed by atoms with Gasteiger partial charge in [0.25, 0.3) is 5.91 Å². The van der Waals surface area contributed by atoms with Crippen LogP contribution >= 0.6 is 0 Å². The lowest BCUT2D eigenvalue weighted by molar-refractivity contribution is 0.0533. The Morgan fingerprint density at radius 2 is 2.31 bits per heavy atom. The van der Waals surface area contributed by atoms with Crippen LogP contribution in [-0.4, -0.2) is 53.4 Å². The molecule has 1 aromatic rings. The molecule has 1 aromatic heterocycles. The number of amides is 1. The summed E-state index contributed by atoms with van der Waals surface area (Å²) < 4.78 is 0. The molecule has 1 aliphatic rings. The van der Waals surface area contributed by atoms with Gasteiger partial charge in [-0.3, -0.25) is 9.78 Å². The fourth-order valence-corrected chi connectivity index (χ4v) is 2.10. The lowest BCUT2D eigenvalue weighted by Crippen LogP contribution is -2.52. The normalized spacial score (nSPS) is 22.1. The minimum Gasteiger partial charge on any atom is -0.333 e. The first-order valence-electron chi connectivity index (χ1n) is 5.58. The van der Waals surface area contributed by atoms with E-state index in [2.05, 4.69) is 23.9 Å². The number of aromatic nitrogens is 1. The quantitative estimate of drug-likeness (QED) is 0.703. The fraction of sp³-hybridized carbons (Fsp3) is 0.500. The van der Waals surface area contributed by atoms with E-state index in [1.807, 2.05) is 11.0 Å². The summed E-state index contributed by atoms with van der Waals surface area (Å²) in [7, 11) is 2.09. The van der Waals surface area contributed by atoms with Gasteiger partial charge in [-0.25, -0.2) is 0 Å². The molecule has 1 aliphatic heterocycles. The Bertz CT molecular complexity index is 366. The summed E-state index contributed by atoms with van der Waals surface area (Å²) in [6.45, 7) is 4.76. The molecule has 4 heteroatoms. The molecule has 0 aliphatic carbocycles. The van der Waals surface area contributed by atoms with Crippen molar-refractivity contribution in [3.63, 3.8) is 0 Å². The average molecular weight is 219 g/mol. The van der Waals surface area contributed by atoms with E-state index < -0.39 is 0 Å². The van der Waals surface area contributed by atoms with Gasteiger partial charge < -0.3 is 9.80 Å². The van der Waals surface area contributed by atoms with Crippen LogP contribution in [0.5, 0.6) is 0 Å². The average Bonchev–Trinajstić information content (AvgIpc) is 2.29. The van der Waals surface area contributed by atoms with Gasteiger partial charge in [0.2, 0.25) is 0 Å². The second-order valence-electron chi connectivity index (χ2n) is 4.35. The highest BCUT2D eigenvalue weighted by atomic mass is 16.2. The first-order valence-corrected chi connectivity index (χ1v) is 5.58. The predicted octanol–water partition coefficient (Wildman–Crippen LogP) is 0.858. The molecule has 0 saturated carbocycles. The molecule has 1 atom stereocenters. The van der Waals surface area contributed by atoms with Crippen LogP contribution in [0, 0.1) is 0 Å². The van der Waals surface area contributed by atoms with Crippen molar-refractivity contribution in [2.45, 2.75) is 13.0 Å². The van der Waals surface area contributed by atoms with Crippen molar-refractivity contribution >= 4 is 5.91 Å². The van der Waals surface area contributed by atoms with Gasteiger partial charge in [-0.2, -0.15) is 0 Å². The molecule has 1 saturated heterocycles. The Kier molecular flexibility index (Phi) is 3.19.